The van der Waals surface area contributed by atoms with Crippen molar-refractivity contribution in [2.24, 2.45) is 5.73 Å². The molecule has 1 atom stereocenters. The van der Waals surface area contributed by atoms with Gasteiger partial charge < -0.3 is 5.73 Å². The fourth-order valence-corrected chi connectivity index (χ4v) is 1.17. The van der Waals surface area contributed by atoms with Crippen LogP contribution in [0.25, 0.3) is 0 Å². The van der Waals surface area contributed by atoms with Crippen LogP contribution in [0.15, 0.2) is 18.2 Å². The van der Waals surface area contributed by atoms with E-state index in [0.29, 0.717) is 6.07 Å². The Labute approximate surface area is 90.7 Å². The molecule has 2 N–H and O–H groups in total. The smallest absolute Gasteiger partial charge is 0.324 e. The van der Waals surface area contributed by atoms with Gasteiger partial charge in [-0.3, -0.25) is 0 Å². The summed E-state index contributed by atoms with van der Waals surface area (Å²) in [7, 11) is 0. The van der Waals surface area contributed by atoms with E-state index in [1.807, 2.05) is 0 Å². The Morgan fingerprint density at radius 1 is 1.27 bits per heavy atom. The standard InChI is InChI=1S/C9H9F4N.ClH/c1-5(14)7-3-2-6(10)4-8(7)9(11,12)13;/h2-5H,14H2,1H3;1H. The van der Waals surface area contributed by atoms with E-state index in [2.05, 4.69) is 0 Å². The van der Waals surface area contributed by atoms with Crippen molar-refractivity contribution in [3.05, 3.63) is 35.1 Å². The Kier molecular flexibility index (Phi) is 4.55. The number of alkyl halides is 3. The SMILES string of the molecule is CC(N)c1ccc(F)cc1C(F)(F)F.Cl. The zero-order valence-electron chi connectivity index (χ0n) is 7.81. The minimum Gasteiger partial charge on any atom is -0.324 e. The van der Waals surface area contributed by atoms with Crippen LogP contribution in [0.3, 0.4) is 0 Å². The monoisotopic (exact) mass is 243 g/mol. The molecule has 1 unspecified atom stereocenters. The topological polar surface area (TPSA) is 26.0 Å². The van der Waals surface area contributed by atoms with Gasteiger partial charge in [-0.15, -0.1) is 12.4 Å². The van der Waals surface area contributed by atoms with Gasteiger partial charge in [0, 0.05) is 6.04 Å². The van der Waals surface area contributed by atoms with Gasteiger partial charge in [-0.1, -0.05) is 6.07 Å². The highest BCUT2D eigenvalue weighted by Crippen LogP contribution is 2.34. The van der Waals surface area contributed by atoms with Crippen molar-refractivity contribution in [1.29, 1.82) is 0 Å². The van der Waals surface area contributed by atoms with Crippen LogP contribution >= 0.6 is 12.4 Å². The zero-order chi connectivity index (χ0) is 10.9. The van der Waals surface area contributed by atoms with Crippen LogP contribution in [-0.2, 0) is 6.18 Å². The minimum atomic E-state index is -4.56. The Morgan fingerprint density at radius 2 is 1.80 bits per heavy atom. The molecule has 1 aromatic rings. The lowest BCUT2D eigenvalue weighted by Crippen LogP contribution is -2.15. The highest BCUT2D eigenvalue weighted by molar-refractivity contribution is 5.85. The van der Waals surface area contributed by atoms with Crippen molar-refractivity contribution in [3.8, 4) is 0 Å². The first kappa shape index (κ1) is 14.2. The van der Waals surface area contributed by atoms with Gasteiger partial charge in [-0.25, -0.2) is 4.39 Å². The average molecular weight is 244 g/mol. The Balaban J connectivity index is 0.00000196. The second-order valence-electron chi connectivity index (χ2n) is 3.02. The van der Waals surface area contributed by atoms with Gasteiger partial charge >= 0.3 is 6.18 Å². The molecular weight excluding hydrogens is 234 g/mol. The van der Waals surface area contributed by atoms with Gasteiger partial charge in [-0.05, 0) is 24.6 Å². The van der Waals surface area contributed by atoms with E-state index >= 15 is 0 Å². The number of hydrogen-bond acceptors (Lipinski definition) is 1. The van der Waals surface area contributed by atoms with Gasteiger partial charge in [0.25, 0.3) is 0 Å². The molecule has 0 saturated heterocycles. The first-order valence-electron chi connectivity index (χ1n) is 3.94. The number of benzene rings is 1. The first-order valence-corrected chi connectivity index (χ1v) is 3.94. The predicted octanol–water partition coefficient (Wildman–Crippen LogP) is 3.29. The van der Waals surface area contributed by atoms with E-state index in [-0.39, 0.29) is 18.0 Å². The van der Waals surface area contributed by atoms with Crippen LogP contribution in [0.2, 0.25) is 0 Å². The predicted molar refractivity (Wildman–Crippen MR) is 51.3 cm³/mol. The average Bonchev–Trinajstić information content (AvgIpc) is 2.01. The summed E-state index contributed by atoms with van der Waals surface area (Å²) in [6, 6.07) is 1.71. The molecule has 0 aliphatic carbocycles. The summed E-state index contributed by atoms with van der Waals surface area (Å²) in [6.07, 6.45) is -4.56. The molecule has 0 amide bonds. The number of nitrogens with two attached hydrogens (primary N) is 1. The fourth-order valence-electron chi connectivity index (χ4n) is 1.17. The Morgan fingerprint density at radius 3 is 2.20 bits per heavy atom. The van der Waals surface area contributed by atoms with Crippen LogP contribution in [0.1, 0.15) is 24.1 Å². The molecule has 1 nitrogen and oxygen atoms in total. The van der Waals surface area contributed by atoms with Crippen LogP contribution in [0.5, 0.6) is 0 Å². The molecule has 0 aromatic heterocycles. The summed E-state index contributed by atoms with van der Waals surface area (Å²) in [4.78, 5) is 0. The molecule has 0 radical (unpaired) electrons. The lowest BCUT2D eigenvalue weighted by atomic mass is 10.0. The van der Waals surface area contributed by atoms with E-state index in [1.54, 1.807) is 0 Å². The summed E-state index contributed by atoms with van der Waals surface area (Å²) in [5.74, 6) is -0.915. The Bertz CT molecular complexity index is 335. The van der Waals surface area contributed by atoms with Crippen LogP contribution in [-0.4, -0.2) is 0 Å². The van der Waals surface area contributed by atoms with Crippen molar-refractivity contribution in [2.75, 3.05) is 0 Å². The van der Waals surface area contributed by atoms with Gasteiger partial charge in [0.15, 0.2) is 0 Å². The minimum absolute atomic E-state index is 0. The normalized spacial score (nSPS) is 13.2. The molecule has 0 spiro atoms. The molecule has 0 fully saturated rings. The number of hydrogen-bond donors (Lipinski definition) is 1. The molecule has 1 aromatic carbocycles. The highest BCUT2D eigenvalue weighted by Gasteiger charge is 2.34. The maximum atomic E-state index is 12.6. The lowest BCUT2D eigenvalue weighted by Gasteiger charge is -2.15. The van der Waals surface area contributed by atoms with Gasteiger partial charge in [0.1, 0.15) is 5.82 Å². The lowest BCUT2D eigenvalue weighted by molar-refractivity contribution is -0.138. The fraction of sp³-hybridized carbons (Fsp3) is 0.333. The van der Waals surface area contributed by atoms with E-state index < -0.39 is 23.6 Å². The second kappa shape index (κ2) is 4.81. The van der Waals surface area contributed by atoms with Crippen molar-refractivity contribution in [2.45, 2.75) is 19.1 Å². The molecule has 0 bridgehead atoms. The maximum absolute atomic E-state index is 12.6. The van der Waals surface area contributed by atoms with Crippen LogP contribution in [0, 0.1) is 5.82 Å². The van der Waals surface area contributed by atoms with Gasteiger partial charge in [0.05, 0.1) is 5.56 Å². The summed E-state index contributed by atoms with van der Waals surface area (Å²) in [6.45, 7) is 1.42. The van der Waals surface area contributed by atoms with Gasteiger partial charge in [-0.2, -0.15) is 13.2 Å². The molecule has 1 rings (SSSR count). The largest absolute Gasteiger partial charge is 0.416 e. The van der Waals surface area contributed by atoms with Crippen molar-refractivity contribution < 1.29 is 17.6 Å². The quantitative estimate of drug-likeness (QED) is 0.753. The number of rotatable bonds is 1. The number of halogens is 5. The molecular formula is C9H10ClF4N. The van der Waals surface area contributed by atoms with E-state index in [0.717, 1.165) is 12.1 Å². The summed E-state index contributed by atoms with van der Waals surface area (Å²) in [5, 5.41) is 0. The zero-order valence-corrected chi connectivity index (χ0v) is 8.62. The van der Waals surface area contributed by atoms with Crippen molar-refractivity contribution in [3.63, 3.8) is 0 Å². The summed E-state index contributed by atoms with van der Waals surface area (Å²) >= 11 is 0. The van der Waals surface area contributed by atoms with E-state index in [9.17, 15) is 17.6 Å². The maximum Gasteiger partial charge on any atom is 0.416 e. The molecule has 15 heavy (non-hydrogen) atoms. The molecule has 0 aliphatic heterocycles. The third kappa shape index (κ3) is 3.35. The van der Waals surface area contributed by atoms with E-state index in [4.69, 9.17) is 5.73 Å². The van der Waals surface area contributed by atoms with Crippen LogP contribution in [0.4, 0.5) is 17.6 Å². The molecule has 0 aliphatic rings. The third-order valence-corrected chi connectivity index (χ3v) is 1.81. The third-order valence-electron chi connectivity index (χ3n) is 1.81. The van der Waals surface area contributed by atoms with Crippen LogP contribution < -0.4 is 5.73 Å². The summed E-state index contributed by atoms with van der Waals surface area (Å²) in [5.41, 5.74) is 4.23. The highest BCUT2D eigenvalue weighted by atomic mass is 35.5. The molecule has 86 valence electrons. The van der Waals surface area contributed by atoms with Gasteiger partial charge in [0.2, 0.25) is 0 Å². The summed E-state index contributed by atoms with van der Waals surface area (Å²) < 4.78 is 49.7. The van der Waals surface area contributed by atoms with Crippen molar-refractivity contribution in [1.82, 2.24) is 0 Å². The first-order chi connectivity index (χ1) is 6.32. The molecule has 0 heterocycles. The molecule has 0 saturated carbocycles. The van der Waals surface area contributed by atoms with E-state index in [1.165, 1.54) is 6.92 Å². The molecule has 6 heteroatoms. The van der Waals surface area contributed by atoms with Crippen molar-refractivity contribution >= 4 is 12.4 Å². The second-order valence-corrected chi connectivity index (χ2v) is 3.02. The Hall–Kier alpha value is -0.810.